The molecule has 1 aromatic carbocycles. The second-order valence-electron chi connectivity index (χ2n) is 4.51. The molecule has 4 N–H and O–H groups in total. The zero-order valence-corrected chi connectivity index (χ0v) is 11.9. The average molecular weight is 320 g/mol. The Morgan fingerprint density at radius 1 is 1.23 bits per heavy atom. The lowest BCUT2D eigenvalue weighted by atomic mass is 10.0. The molecule has 1 amide bonds. The molecule has 5 nitrogen and oxygen atoms in total. The minimum Gasteiger partial charge on any atom is -0.368 e. The molecule has 3 rings (SSSR count). The van der Waals surface area contributed by atoms with Gasteiger partial charge in [0.05, 0.1) is 10.6 Å². The van der Waals surface area contributed by atoms with E-state index < -0.39 is 12.3 Å². The van der Waals surface area contributed by atoms with Gasteiger partial charge in [0.25, 0.3) is 12.3 Å². The third-order valence-electron chi connectivity index (χ3n) is 3.10. The van der Waals surface area contributed by atoms with Crippen LogP contribution in [0.25, 0.3) is 21.5 Å². The molecule has 0 fully saturated rings. The van der Waals surface area contributed by atoms with Crippen LogP contribution < -0.4 is 11.5 Å². The summed E-state index contributed by atoms with van der Waals surface area (Å²) in [5, 5.41) is 0.473. The van der Waals surface area contributed by atoms with Crippen molar-refractivity contribution in [3.05, 3.63) is 40.8 Å². The molecule has 0 spiro atoms. The number of aromatic nitrogens is 2. The first-order valence-electron chi connectivity index (χ1n) is 6.21. The highest BCUT2D eigenvalue weighted by atomic mass is 32.1. The molecule has 2 aromatic heterocycles. The maximum atomic E-state index is 13.2. The summed E-state index contributed by atoms with van der Waals surface area (Å²) in [6.45, 7) is 0. The van der Waals surface area contributed by atoms with Crippen molar-refractivity contribution in [2.45, 2.75) is 6.43 Å². The monoisotopic (exact) mass is 320 g/mol. The predicted molar refractivity (Wildman–Crippen MR) is 80.7 cm³/mol. The number of nitrogens with two attached hydrogens (primary N) is 2. The van der Waals surface area contributed by atoms with Crippen LogP contribution in [0.15, 0.2) is 30.3 Å². The number of hydrogen-bond donors (Lipinski definition) is 2. The molecule has 0 aliphatic carbocycles. The molecule has 0 saturated carbocycles. The lowest BCUT2D eigenvalue weighted by Gasteiger charge is -2.09. The molecular formula is C14H10F2N4OS. The first-order valence-corrected chi connectivity index (χ1v) is 7.03. The van der Waals surface area contributed by atoms with Crippen LogP contribution in [-0.2, 0) is 0 Å². The van der Waals surface area contributed by atoms with Crippen LogP contribution in [0.5, 0.6) is 0 Å². The van der Waals surface area contributed by atoms with Crippen LogP contribution in [0.3, 0.4) is 0 Å². The second kappa shape index (κ2) is 5.30. The number of alkyl halides is 2. The Morgan fingerprint density at radius 3 is 2.64 bits per heavy atom. The van der Waals surface area contributed by atoms with E-state index in [0.717, 1.165) is 11.3 Å². The van der Waals surface area contributed by atoms with Crippen molar-refractivity contribution in [3.8, 4) is 11.3 Å². The Kier molecular flexibility index (Phi) is 3.45. The molecule has 0 radical (unpaired) electrons. The lowest BCUT2D eigenvalue weighted by molar-refractivity contribution is 0.100. The fourth-order valence-electron chi connectivity index (χ4n) is 2.17. The molecule has 0 aliphatic heterocycles. The van der Waals surface area contributed by atoms with Gasteiger partial charge in [-0.1, -0.05) is 24.3 Å². The van der Waals surface area contributed by atoms with Crippen molar-refractivity contribution < 1.29 is 13.6 Å². The summed E-state index contributed by atoms with van der Waals surface area (Å²) >= 11 is 1.05. The fourth-order valence-corrected chi connectivity index (χ4v) is 3.06. The Hall–Kier alpha value is -2.61. The Balaban J connectivity index is 2.33. The van der Waals surface area contributed by atoms with E-state index in [2.05, 4.69) is 9.97 Å². The molecular weight excluding hydrogens is 310 g/mol. The number of carbonyl (C=O) groups excluding carboxylic acids is 1. The highest BCUT2D eigenvalue weighted by molar-refractivity contribution is 7.20. The van der Waals surface area contributed by atoms with E-state index in [1.54, 1.807) is 6.07 Å². The summed E-state index contributed by atoms with van der Waals surface area (Å²) in [7, 11) is 0. The maximum Gasteiger partial charge on any atom is 0.264 e. The SMILES string of the molecule is NC(=O)c1cc2c(-c3ccccc3C(F)F)nc(N)nc2s1. The van der Waals surface area contributed by atoms with Crippen molar-refractivity contribution >= 4 is 33.4 Å². The maximum absolute atomic E-state index is 13.2. The largest absolute Gasteiger partial charge is 0.368 e. The second-order valence-corrected chi connectivity index (χ2v) is 5.54. The summed E-state index contributed by atoms with van der Waals surface area (Å²) in [4.78, 5) is 20.1. The van der Waals surface area contributed by atoms with Gasteiger partial charge in [-0.05, 0) is 6.07 Å². The summed E-state index contributed by atoms with van der Waals surface area (Å²) in [6, 6.07) is 7.51. The number of primary amides is 1. The van der Waals surface area contributed by atoms with Crippen molar-refractivity contribution in [1.29, 1.82) is 0 Å². The number of rotatable bonds is 3. The van der Waals surface area contributed by atoms with Crippen LogP contribution in [0.1, 0.15) is 21.7 Å². The number of nitrogens with zero attached hydrogens (tertiary/aromatic N) is 2. The van der Waals surface area contributed by atoms with E-state index in [4.69, 9.17) is 11.5 Å². The summed E-state index contributed by atoms with van der Waals surface area (Å²) in [6.07, 6.45) is -2.66. The van der Waals surface area contributed by atoms with Crippen molar-refractivity contribution in [3.63, 3.8) is 0 Å². The predicted octanol–water partition coefficient (Wildman–Crippen LogP) is 2.98. The quantitative estimate of drug-likeness (QED) is 0.775. The third-order valence-corrected chi connectivity index (χ3v) is 4.15. The first-order chi connectivity index (χ1) is 10.5. The number of nitrogen functional groups attached to an aromatic ring is 1. The van der Waals surface area contributed by atoms with Gasteiger partial charge in [0.2, 0.25) is 5.95 Å². The summed E-state index contributed by atoms with van der Waals surface area (Å²) in [5.74, 6) is -0.667. The van der Waals surface area contributed by atoms with Gasteiger partial charge in [-0.3, -0.25) is 4.79 Å². The van der Waals surface area contributed by atoms with Gasteiger partial charge in [-0.15, -0.1) is 11.3 Å². The van der Waals surface area contributed by atoms with E-state index in [1.807, 2.05) is 0 Å². The fraction of sp³-hybridized carbons (Fsp3) is 0.0714. The minimum absolute atomic E-state index is 0.0514. The number of hydrogen-bond acceptors (Lipinski definition) is 5. The highest BCUT2D eigenvalue weighted by Gasteiger charge is 2.19. The van der Waals surface area contributed by atoms with E-state index in [0.29, 0.717) is 10.2 Å². The van der Waals surface area contributed by atoms with Crippen LogP contribution >= 0.6 is 11.3 Å². The molecule has 2 heterocycles. The molecule has 112 valence electrons. The van der Waals surface area contributed by atoms with Crippen LogP contribution in [-0.4, -0.2) is 15.9 Å². The van der Waals surface area contributed by atoms with E-state index in [9.17, 15) is 13.6 Å². The van der Waals surface area contributed by atoms with E-state index >= 15 is 0 Å². The van der Waals surface area contributed by atoms with Gasteiger partial charge < -0.3 is 11.5 Å². The van der Waals surface area contributed by atoms with Crippen LogP contribution in [0.2, 0.25) is 0 Å². The molecule has 0 bridgehead atoms. The lowest BCUT2D eigenvalue weighted by Crippen LogP contribution is -2.08. The summed E-state index contributed by atoms with van der Waals surface area (Å²) in [5.41, 5.74) is 11.3. The number of carbonyl (C=O) groups is 1. The van der Waals surface area contributed by atoms with Crippen LogP contribution in [0.4, 0.5) is 14.7 Å². The zero-order chi connectivity index (χ0) is 15.9. The van der Waals surface area contributed by atoms with Gasteiger partial charge in [-0.2, -0.15) is 0 Å². The average Bonchev–Trinajstić information content (AvgIpc) is 2.90. The number of benzene rings is 1. The summed E-state index contributed by atoms with van der Waals surface area (Å²) < 4.78 is 26.4. The highest BCUT2D eigenvalue weighted by Crippen LogP contribution is 2.36. The molecule has 0 atom stereocenters. The van der Waals surface area contributed by atoms with Gasteiger partial charge in [0, 0.05) is 16.5 Å². The molecule has 3 aromatic rings. The Bertz CT molecular complexity index is 878. The van der Waals surface area contributed by atoms with E-state index in [1.165, 1.54) is 24.3 Å². The van der Waals surface area contributed by atoms with Crippen molar-refractivity contribution in [2.75, 3.05) is 5.73 Å². The standard InChI is InChI=1S/C14H10F2N4OS/c15-11(16)7-4-2-1-3-6(7)10-8-5-9(12(17)21)22-13(8)20-14(18)19-10/h1-5,11H,(H2,17,21)(H2,18,19,20). The first kappa shape index (κ1) is 14.3. The number of anilines is 1. The molecule has 8 heteroatoms. The van der Waals surface area contributed by atoms with Crippen LogP contribution in [0, 0.1) is 0 Å². The van der Waals surface area contributed by atoms with Gasteiger partial charge >= 0.3 is 0 Å². The Labute approximate surface area is 127 Å². The number of amides is 1. The minimum atomic E-state index is -2.66. The normalized spacial score (nSPS) is 11.2. The molecule has 22 heavy (non-hydrogen) atoms. The molecule has 0 aliphatic rings. The van der Waals surface area contributed by atoms with Gasteiger partial charge in [-0.25, -0.2) is 18.7 Å². The number of fused-ring (bicyclic) bond motifs is 1. The van der Waals surface area contributed by atoms with Gasteiger partial charge in [0.15, 0.2) is 0 Å². The van der Waals surface area contributed by atoms with E-state index in [-0.39, 0.29) is 27.6 Å². The van der Waals surface area contributed by atoms with Gasteiger partial charge in [0.1, 0.15) is 4.83 Å². The smallest absolute Gasteiger partial charge is 0.264 e. The third kappa shape index (κ3) is 2.37. The zero-order valence-electron chi connectivity index (χ0n) is 11.1. The number of halogens is 2. The topological polar surface area (TPSA) is 94.9 Å². The van der Waals surface area contributed by atoms with Crippen molar-refractivity contribution in [2.24, 2.45) is 5.73 Å². The Morgan fingerprint density at radius 2 is 1.95 bits per heavy atom. The number of thiophene rings is 1. The molecule has 0 saturated heterocycles. The van der Waals surface area contributed by atoms with Crippen molar-refractivity contribution in [1.82, 2.24) is 9.97 Å². The molecule has 0 unspecified atom stereocenters.